The van der Waals surface area contributed by atoms with Crippen molar-refractivity contribution in [3.8, 4) is 11.1 Å². The number of nitrogens with one attached hydrogen (secondary N) is 1. The minimum Gasteiger partial charge on any atom is -0.344 e. The molecule has 1 aromatic carbocycles. The number of rotatable bonds is 2. The normalized spacial score (nSPS) is 25.6. The fourth-order valence-electron chi connectivity index (χ4n) is 4.06. The molecule has 1 aromatic heterocycles. The molecule has 4 nitrogen and oxygen atoms in total. The molecule has 0 radical (unpaired) electrons. The predicted molar refractivity (Wildman–Crippen MR) is 94.8 cm³/mol. The van der Waals surface area contributed by atoms with Crippen molar-refractivity contribution in [2.45, 2.75) is 37.0 Å². The first-order valence-electron chi connectivity index (χ1n) is 8.95. The second kappa shape index (κ2) is 6.34. The van der Waals surface area contributed by atoms with Crippen LogP contribution in [0, 0.1) is 0 Å². The smallest absolute Gasteiger partial charge is 0.344 e. The van der Waals surface area contributed by atoms with Gasteiger partial charge in [0.25, 0.3) is 0 Å². The number of aromatic nitrogens is 1. The van der Waals surface area contributed by atoms with Gasteiger partial charge in [0.2, 0.25) is 5.91 Å². The van der Waals surface area contributed by atoms with Crippen LogP contribution in [0.25, 0.3) is 11.1 Å². The zero-order chi connectivity index (χ0) is 19.2. The third kappa shape index (κ3) is 3.20. The summed E-state index contributed by atoms with van der Waals surface area (Å²) in [6.45, 7) is 0.748. The number of likely N-dealkylation sites (N-methyl/N-ethyl adjacent to an activating group) is 1. The van der Waals surface area contributed by atoms with Crippen LogP contribution in [0.4, 0.5) is 13.2 Å². The quantitative estimate of drug-likeness (QED) is 0.869. The van der Waals surface area contributed by atoms with Crippen molar-refractivity contribution in [3.05, 3.63) is 53.9 Å². The van der Waals surface area contributed by atoms with Crippen LogP contribution in [0.2, 0.25) is 0 Å². The van der Waals surface area contributed by atoms with Crippen molar-refractivity contribution >= 4 is 5.91 Å². The number of alkyl halides is 3. The number of benzene rings is 1. The maximum absolute atomic E-state index is 12.7. The number of halogens is 3. The largest absolute Gasteiger partial charge is 0.416 e. The highest BCUT2D eigenvalue weighted by Gasteiger charge is 2.50. The van der Waals surface area contributed by atoms with Crippen molar-refractivity contribution in [3.63, 3.8) is 0 Å². The Morgan fingerprint density at radius 1 is 1.15 bits per heavy atom. The first-order valence-corrected chi connectivity index (χ1v) is 8.95. The van der Waals surface area contributed by atoms with Gasteiger partial charge in [-0.05, 0) is 54.7 Å². The average molecular weight is 375 g/mol. The van der Waals surface area contributed by atoms with Crippen LogP contribution in [0.1, 0.15) is 36.6 Å². The highest BCUT2D eigenvalue weighted by Crippen LogP contribution is 2.39. The molecule has 1 spiro atoms. The Hall–Kier alpha value is -2.41. The Bertz CT molecular complexity index is 866. The van der Waals surface area contributed by atoms with Crippen molar-refractivity contribution < 1.29 is 18.0 Å². The molecule has 0 saturated carbocycles. The standard InChI is InChI=1S/C20H20F3N3O/c1-26-11-9-19(18(26)27)8-6-16(25-19)17-12-14(7-10-24-17)13-2-4-15(5-3-13)20(21,22)23/h2-5,7,10,12,16,25H,6,8-9,11H2,1H3/t16-,19+/m1/s1. The molecule has 0 aliphatic carbocycles. The van der Waals surface area contributed by atoms with Crippen LogP contribution >= 0.6 is 0 Å². The first kappa shape index (κ1) is 18.0. The maximum Gasteiger partial charge on any atom is 0.416 e. The van der Waals surface area contributed by atoms with Gasteiger partial charge in [-0.25, -0.2) is 0 Å². The molecule has 2 fully saturated rings. The van der Waals surface area contributed by atoms with E-state index >= 15 is 0 Å². The zero-order valence-electron chi connectivity index (χ0n) is 14.9. The number of likely N-dealkylation sites (tertiary alicyclic amines) is 1. The van der Waals surface area contributed by atoms with Crippen LogP contribution in [-0.2, 0) is 11.0 Å². The Morgan fingerprint density at radius 3 is 2.52 bits per heavy atom. The molecular formula is C20H20F3N3O. The number of carbonyl (C=O) groups excluding carboxylic acids is 1. The summed E-state index contributed by atoms with van der Waals surface area (Å²) < 4.78 is 38.2. The summed E-state index contributed by atoms with van der Waals surface area (Å²) in [6.07, 6.45) is -0.309. The topological polar surface area (TPSA) is 45.2 Å². The van der Waals surface area contributed by atoms with Gasteiger partial charge < -0.3 is 4.90 Å². The van der Waals surface area contributed by atoms with Gasteiger partial charge in [-0.3, -0.25) is 15.1 Å². The van der Waals surface area contributed by atoms with Gasteiger partial charge in [0.15, 0.2) is 0 Å². The highest BCUT2D eigenvalue weighted by molar-refractivity contribution is 5.88. The minimum atomic E-state index is -4.34. The number of carbonyl (C=O) groups is 1. The highest BCUT2D eigenvalue weighted by atomic mass is 19.4. The van der Waals surface area contributed by atoms with E-state index in [2.05, 4.69) is 10.3 Å². The van der Waals surface area contributed by atoms with Gasteiger partial charge in [0, 0.05) is 19.8 Å². The number of pyridine rings is 1. The molecule has 142 valence electrons. The minimum absolute atomic E-state index is 0.0325. The molecule has 0 unspecified atom stereocenters. The van der Waals surface area contributed by atoms with Crippen molar-refractivity contribution in [1.29, 1.82) is 0 Å². The van der Waals surface area contributed by atoms with Gasteiger partial charge in [-0.1, -0.05) is 12.1 Å². The Labute approximate surface area is 155 Å². The lowest BCUT2D eigenvalue weighted by atomic mass is 9.96. The Morgan fingerprint density at radius 2 is 1.89 bits per heavy atom. The van der Waals surface area contributed by atoms with Gasteiger partial charge in [0.05, 0.1) is 17.3 Å². The van der Waals surface area contributed by atoms with Crippen LogP contribution in [-0.4, -0.2) is 34.9 Å². The summed E-state index contributed by atoms with van der Waals surface area (Å²) in [5, 5.41) is 3.47. The summed E-state index contributed by atoms with van der Waals surface area (Å²) in [6, 6.07) is 8.77. The van der Waals surface area contributed by atoms with E-state index < -0.39 is 17.3 Å². The summed E-state index contributed by atoms with van der Waals surface area (Å²) >= 11 is 0. The van der Waals surface area contributed by atoms with Gasteiger partial charge in [-0.2, -0.15) is 13.2 Å². The number of amides is 1. The molecule has 2 atom stereocenters. The third-order valence-corrected chi connectivity index (χ3v) is 5.62. The number of hydrogen-bond donors (Lipinski definition) is 1. The molecule has 7 heteroatoms. The molecular weight excluding hydrogens is 355 g/mol. The van der Waals surface area contributed by atoms with Crippen LogP contribution < -0.4 is 5.32 Å². The van der Waals surface area contributed by atoms with Crippen LogP contribution in [0.5, 0.6) is 0 Å². The molecule has 27 heavy (non-hydrogen) atoms. The zero-order valence-corrected chi connectivity index (χ0v) is 14.9. The van der Waals surface area contributed by atoms with Crippen molar-refractivity contribution in [1.82, 2.24) is 15.2 Å². The summed E-state index contributed by atoms with van der Waals surface area (Å²) in [4.78, 5) is 18.6. The van der Waals surface area contributed by atoms with E-state index in [-0.39, 0.29) is 11.9 Å². The molecule has 1 amide bonds. The second-order valence-electron chi connectivity index (χ2n) is 7.34. The van der Waals surface area contributed by atoms with Gasteiger partial charge >= 0.3 is 6.18 Å². The van der Waals surface area contributed by atoms with E-state index in [0.717, 1.165) is 49.2 Å². The Balaban J connectivity index is 1.56. The van der Waals surface area contributed by atoms with E-state index in [0.29, 0.717) is 5.56 Å². The number of hydrogen-bond acceptors (Lipinski definition) is 3. The average Bonchev–Trinajstić information content (AvgIpc) is 3.21. The monoisotopic (exact) mass is 375 g/mol. The molecule has 1 N–H and O–H groups in total. The van der Waals surface area contributed by atoms with Crippen LogP contribution in [0.3, 0.4) is 0 Å². The molecule has 2 aliphatic heterocycles. The SMILES string of the molecule is CN1CC[C@@]2(CC[C@H](c3cc(-c4ccc(C(F)(F)F)cc4)ccn3)N2)C1=O. The Kier molecular flexibility index (Phi) is 4.22. The van der Waals surface area contributed by atoms with Gasteiger partial charge in [0.1, 0.15) is 5.54 Å². The summed E-state index contributed by atoms with van der Waals surface area (Å²) in [7, 11) is 1.82. The first-order chi connectivity index (χ1) is 12.8. The van der Waals surface area contributed by atoms with E-state index in [9.17, 15) is 18.0 Å². The predicted octanol–water partition coefficient (Wildman–Crippen LogP) is 3.79. The lowest BCUT2D eigenvalue weighted by molar-refractivity contribution is -0.137. The van der Waals surface area contributed by atoms with E-state index in [4.69, 9.17) is 0 Å². The molecule has 3 heterocycles. The fraction of sp³-hybridized carbons (Fsp3) is 0.400. The second-order valence-corrected chi connectivity index (χ2v) is 7.34. The van der Waals surface area contributed by atoms with E-state index in [1.165, 1.54) is 12.1 Å². The lowest BCUT2D eigenvalue weighted by Gasteiger charge is -2.23. The van der Waals surface area contributed by atoms with E-state index in [1.807, 2.05) is 13.1 Å². The van der Waals surface area contributed by atoms with E-state index in [1.54, 1.807) is 17.2 Å². The fourth-order valence-corrected chi connectivity index (χ4v) is 4.06. The lowest BCUT2D eigenvalue weighted by Crippen LogP contribution is -2.47. The number of nitrogens with zero attached hydrogens (tertiary/aromatic N) is 2. The molecule has 4 rings (SSSR count). The van der Waals surface area contributed by atoms with Crippen molar-refractivity contribution in [2.24, 2.45) is 0 Å². The maximum atomic E-state index is 12.7. The molecule has 2 aliphatic rings. The third-order valence-electron chi connectivity index (χ3n) is 5.62. The molecule has 0 bridgehead atoms. The van der Waals surface area contributed by atoms with Crippen LogP contribution in [0.15, 0.2) is 42.6 Å². The summed E-state index contributed by atoms with van der Waals surface area (Å²) in [5.74, 6) is 0.129. The summed E-state index contributed by atoms with van der Waals surface area (Å²) in [5.41, 5.74) is 1.17. The molecule has 2 aromatic rings. The van der Waals surface area contributed by atoms with Crippen molar-refractivity contribution in [2.75, 3.05) is 13.6 Å². The molecule has 2 saturated heterocycles. The van der Waals surface area contributed by atoms with Gasteiger partial charge in [-0.15, -0.1) is 0 Å².